The predicted molar refractivity (Wildman–Crippen MR) is 54.7 cm³/mol. The summed E-state index contributed by atoms with van der Waals surface area (Å²) in [6.07, 6.45) is 5.24. The van der Waals surface area contributed by atoms with Gasteiger partial charge < -0.3 is 5.73 Å². The number of carbonyl (C=O) groups excluding carboxylic acids is 1. The lowest BCUT2D eigenvalue weighted by Crippen LogP contribution is -2.35. The average molecular weight is 210 g/mol. The largest absolute Gasteiger partial charge is 0.319 e. The maximum Gasteiger partial charge on any atom is 0.244 e. The van der Waals surface area contributed by atoms with Gasteiger partial charge in [0.2, 0.25) is 11.0 Å². The molecule has 5 nitrogen and oxygen atoms in total. The molecule has 0 fully saturated rings. The Hall–Kier alpha value is -1.45. The van der Waals surface area contributed by atoms with Gasteiger partial charge in [0.25, 0.3) is 0 Å². The molecule has 1 aromatic rings. The van der Waals surface area contributed by atoms with Crippen molar-refractivity contribution >= 4 is 22.4 Å². The number of aryl methyl sites for hydroxylation is 1. The van der Waals surface area contributed by atoms with Gasteiger partial charge in [0.05, 0.1) is 6.04 Å². The molecule has 14 heavy (non-hydrogen) atoms. The lowest BCUT2D eigenvalue weighted by atomic mass is 10.2. The summed E-state index contributed by atoms with van der Waals surface area (Å²) >= 11 is 1.29. The first-order chi connectivity index (χ1) is 6.63. The minimum absolute atomic E-state index is 0.212. The van der Waals surface area contributed by atoms with Crippen LogP contribution in [-0.4, -0.2) is 22.1 Å². The van der Waals surface area contributed by atoms with E-state index in [1.807, 2.05) is 0 Å². The van der Waals surface area contributed by atoms with Crippen molar-refractivity contribution in [1.29, 1.82) is 0 Å². The summed E-state index contributed by atoms with van der Waals surface area (Å²) in [4.78, 5) is 11.3. The van der Waals surface area contributed by atoms with Gasteiger partial charge in [-0.15, -0.1) is 22.5 Å². The molecule has 6 heteroatoms. The quantitative estimate of drug-likeness (QED) is 0.695. The number of hydrogen-bond donors (Lipinski definition) is 2. The van der Waals surface area contributed by atoms with E-state index in [-0.39, 0.29) is 12.3 Å². The normalized spacial score (nSPS) is 11.8. The lowest BCUT2D eigenvalue weighted by molar-refractivity contribution is -0.117. The monoisotopic (exact) mass is 210 g/mol. The summed E-state index contributed by atoms with van der Waals surface area (Å²) in [6.45, 7) is 1.80. The van der Waals surface area contributed by atoms with Crippen LogP contribution in [0.1, 0.15) is 11.4 Å². The zero-order valence-corrected chi connectivity index (χ0v) is 8.47. The standard InChI is InChI=1S/C8H10N4OS/c1-3-4-6(9)7(13)10-8-12-11-5(2)14-8/h1,6H,4,9H2,2H3,(H,10,12,13). The number of rotatable bonds is 3. The molecule has 0 aliphatic heterocycles. The van der Waals surface area contributed by atoms with Crippen molar-refractivity contribution in [2.75, 3.05) is 5.32 Å². The highest BCUT2D eigenvalue weighted by molar-refractivity contribution is 7.15. The molecular formula is C8H10N4OS. The highest BCUT2D eigenvalue weighted by Gasteiger charge is 2.13. The molecule has 1 atom stereocenters. The number of nitrogens with two attached hydrogens (primary N) is 1. The van der Waals surface area contributed by atoms with Crippen molar-refractivity contribution in [2.45, 2.75) is 19.4 Å². The van der Waals surface area contributed by atoms with Crippen molar-refractivity contribution in [1.82, 2.24) is 10.2 Å². The Morgan fingerprint density at radius 3 is 3.00 bits per heavy atom. The highest BCUT2D eigenvalue weighted by atomic mass is 32.1. The Morgan fingerprint density at radius 2 is 2.50 bits per heavy atom. The van der Waals surface area contributed by atoms with Crippen LogP contribution in [0, 0.1) is 19.3 Å². The molecule has 0 spiro atoms. The third kappa shape index (κ3) is 2.80. The van der Waals surface area contributed by atoms with Crippen molar-refractivity contribution < 1.29 is 4.79 Å². The molecule has 1 aromatic heterocycles. The lowest BCUT2D eigenvalue weighted by Gasteiger charge is -2.05. The van der Waals surface area contributed by atoms with E-state index in [1.165, 1.54) is 11.3 Å². The molecule has 74 valence electrons. The number of nitrogens with one attached hydrogen (secondary N) is 1. The number of aromatic nitrogens is 2. The molecule has 1 unspecified atom stereocenters. The number of carbonyl (C=O) groups is 1. The van der Waals surface area contributed by atoms with E-state index in [9.17, 15) is 4.79 Å². The summed E-state index contributed by atoms with van der Waals surface area (Å²) in [5.41, 5.74) is 5.48. The number of terminal acetylenes is 1. The van der Waals surface area contributed by atoms with Crippen LogP contribution in [0.3, 0.4) is 0 Å². The molecule has 0 saturated carbocycles. The molecule has 0 saturated heterocycles. The van der Waals surface area contributed by atoms with Gasteiger partial charge >= 0.3 is 0 Å². The smallest absolute Gasteiger partial charge is 0.244 e. The van der Waals surface area contributed by atoms with E-state index in [0.717, 1.165) is 5.01 Å². The number of anilines is 1. The third-order valence-electron chi connectivity index (χ3n) is 1.43. The first-order valence-corrected chi connectivity index (χ1v) is 4.75. The highest BCUT2D eigenvalue weighted by Crippen LogP contribution is 2.13. The van der Waals surface area contributed by atoms with Gasteiger partial charge in [0, 0.05) is 6.42 Å². The average Bonchev–Trinajstić information content (AvgIpc) is 2.51. The molecule has 0 aromatic carbocycles. The molecule has 3 N–H and O–H groups in total. The van der Waals surface area contributed by atoms with E-state index in [0.29, 0.717) is 5.13 Å². The molecule has 1 amide bonds. The van der Waals surface area contributed by atoms with Crippen molar-refractivity contribution in [2.24, 2.45) is 5.73 Å². The molecular weight excluding hydrogens is 200 g/mol. The SMILES string of the molecule is C#CCC(N)C(=O)Nc1nnc(C)s1. The fourth-order valence-electron chi connectivity index (χ4n) is 0.765. The fourth-order valence-corrected chi connectivity index (χ4v) is 1.36. The number of amides is 1. The Kier molecular flexibility index (Phi) is 3.56. The fraction of sp³-hybridized carbons (Fsp3) is 0.375. The Bertz CT molecular complexity index is 368. The van der Waals surface area contributed by atoms with E-state index >= 15 is 0 Å². The molecule has 0 aliphatic rings. The van der Waals surface area contributed by atoms with E-state index in [4.69, 9.17) is 12.2 Å². The van der Waals surface area contributed by atoms with Crippen LogP contribution in [0.2, 0.25) is 0 Å². The van der Waals surface area contributed by atoms with Crippen LogP contribution < -0.4 is 11.1 Å². The number of hydrogen-bond acceptors (Lipinski definition) is 5. The van der Waals surface area contributed by atoms with Crippen molar-refractivity contribution in [3.8, 4) is 12.3 Å². The van der Waals surface area contributed by atoms with E-state index < -0.39 is 6.04 Å². The van der Waals surface area contributed by atoms with Gasteiger partial charge in [0.15, 0.2) is 0 Å². The summed E-state index contributed by atoms with van der Waals surface area (Å²) < 4.78 is 0. The summed E-state index contributed by atoms with van der Waals surface area (Å²) in [6, 6.07) is -0.691. The predicted octanol–water partition coefficient (Wildman–Crippen LogP) is 0.136. The topological polar surface area (TPSA) is 80.9 Å². The first kappa shape index (κ1) is 10.6. The minimum atomic E-state index is -0.691. The molecule has 0 radical (unpaired) electrons. The second kappa shape index (κ2) is 4.69. The van der Waals surface area contributed by atoms with Gasteiger partial charge in [-0.25, -0.2) is 0 Å². The van der Waals surface area contributed by atoms with Crippen LogP contribution in [0.4, 0.5) is 5.13 Å². The van der Waals surface area contributed by atoms with Gasteiger partial charge in [-0.05, 0) is 6.92 Å². The van der Waals surface area contributed by atoms with E-state index in [2.05, 4.69) is 21.4 Å². The zero-order chi connectivity index (χ0) is 10.6. The molecule has 0 aliphatic carbocycles. The van der Waals surface area contributed by atoms with Gasteiger partial charge in [-0.3, -0.25) is 10.1 Å². The van der Waals surface area contributed by atoms with Crippen LogP contribution in [0.5, 0.6) is 0 Å². The van der Waals surface area contributed by atoms with Crippen LogP contribution in [-0.2, 0) is 4.79 Å². The van der Waals surface area contributed by atoms with Crippen molar-refractivity contribution in [3.05, 3.63) is 5.01 Å². The number of nitrogens with zero attached hydrogens (tertiary/aromatic N) is 2. The molecule has 0 bridgehead atoms. The second-order valence-electron chi connectivity index (χ2n) is 2.63. The maximum absolute atomic E-state index is 11.3. The maximum atomic E-state index is 11.3. The second-order valence-corrected chi connectivity index (χ2v) is 3.81. The van der Waals surface area contributed by atoms with E-state index in [1.54, 1.807) is 6.92 Å². The van der Waals surface area contributed by atoms with Gasteiger partial charge in [-0.2, -0.15) is 0 Å². The summed E-state index contributed by atoms with van der Waals surface area (Å²) in [7, 11) is 0. The van der Waals surface area contributed by atoms with Crippen LogP contribution in [0.15, 0.2) is 0 Å². The summed E-state index contributed by atoms with van der Waals surface area (Å²) in [5.74, 6) is 1.99. The Balaban J connectivity index is 2.53. The first-order valence-electron chi connectivity index (χ1n) is 3.93. The van der Waals surface area contributed by atoms with Crippen molar-refractivity contribution in [3.63, 3.8) is 0 Å². The third-order valence-corrected chi connectivity index (χ3v) is 2.18. The zero-order valence-electron chi connectivity index (χ0n) is 7.65. The van der Waals surface area contributed by atoms with Crippen LogP contribution >= 0.6 is 11.3 Å². The summed E-state index contributed by atoms with van der Waals surface area (Å²) in [5, 5.41) is 11.2. The molecule has 1 rings (SSSR count). The van der Waals surface area contributed by atoms with Gasteiger partial charge in [0.1, 0.15) is 5.01 Å². The Morgan fingerprint density at radius 1 is 1.79 bits per heavy atom. The van der Waals surface area contributed by atoms with Gasteiger partial charge in [-0.1, -0.05) is 11.3 Å². The Labute approximate surface area is 85.7 Å². The minimum Gasteiger partial charge on any atom is -0.319 e. The molecule has 1 heterocycles. The van der Waals surface area contributed by atoms with Crippen LogP contribution in [0.25, 0.3) is 0 Å².